The fourth-order valence-electron chi connectivity index (χ4n) is 1.49. The summed E-state index contributed by atoms with van der Waals surface area (Å²) in [5.74, 6) is 0.286. The molecule has 7 heteroatoms. The molecule has 2 aromatic rings. The van der Waals surface area contributed by atoms with E-state index in [0.29, 0.717) is 5.02 Å². The first kappa shape index (κ1) is 13.5. The molecule has 2 rings (SSSR count). The number of para-hydroxylation sites is 1. The lowest BCUT2D eigenvalue weighted by atomic mass is 10.2. The Morgan fingerprint density at radius 3 is 2.53 bits per heavy atom. The van der Waals surface area contributed by atoms with E-state index in [1.165, 1.54) is 24.3 Å². The van der Waals surface area contributed by atoms with Crippen molar-refractivity contribution in [1.29, 1.82) is 0 Å². The van der Waals surface area contributed by atoms with Crippen molar-refractivity contribution in [3.63, 3.8) is 0 Å². The molecule has 0 spiro atoms. The van der Waals surface area contributed by atoms with Gasteiger partial charge in [-0.1, -0.05) is 29.3 Å². The molecule has 0 aliphatic rings. The molecule has 2 aromatic carbocycles. The lowest BCUT2D eigenvalue weighted by Gasteiger charge is -2.09. The fraction of sp³-hybridized carbons (Fsp3) is 0. The summed E-state index contributed by atoms with van der Waals surface area (Å²) < 4.78 is 5.43. The summed E-state index contributed by atoms with van der Waals surface area (Å²) in [7, 11) is 0. The van der Waals surface area contributed by atoms with Crippen LogP contribution in [0.15, 0.2) is 36.4 Å². The number of ether oxygens (including phenoxy) is 1. The number of benzene rings is 2. The summed E-state index contributed by atoms with van der Waals surface area (Å²) in [4.78, 5) is 10.4. The number of anilines is 1. The zero-order valence-electron chi connectivity index (χ0n) is 9.47. The van der Waals surface area contributed by atoms with E-state index in [9.17, 15) is 10.1 Å². The highest BCUT2D eigenvalue weighted by Crippen LogP contribution is 2.38. The molecule has 19 heavy (non-hydrogen) atoms. The Labute approximate surface area is 118 Å². The Hall–Kier alpha value is -1.98. The summed E-state index contributed by atoms with van der Waals surface area (Å²) in [6, 6.07) is 9.00. The largest absolute Gasteiger partial charge is 0.448 e. The zero-order valence-corrected chi connectivity index (χ0v) is 11.0. The maximum absolute atomic E-state index is 11.0. The Balaban J connectivity index is 2.44. The van der Waals surface area contributed by atoms with Gasteiger partial charge in [-0.2, -0.15) is 0 Å². The standard InChI is InChI=1S/C12H8Cl2N2O3/c13-7-4-5-10(8(14)6-7)19-11-3-1-2-9(15)12(11)16(17)18/h1-6H,15H2. The van der Waals surface area contributed by atoms with E-state index >= 15 is 0 Å². The van der Waals surface area contributed by atoms with Crippen LogP contribution in [0.4, 0.5) is 11.4 Å². The molecular formula is C12H8Cl2N2O3. The number of halogens is 2. The van der Waals surface area contributed by atoms with Gasteiger partial charge in [0.2, 0.25) is 5.75 Å². The summed E-state index contributed by atoms with van der Waals surface area (Å²) in [5.41, 5.74) is 5.29. The van der Waals surface area contributed by atoms with E-state index in [0.717, 1.165) is 0 Å². The third-order valence-electron chi connectivity index (χ3n) is 2.33. The number of nitrogens with zero attached hydrogens (tertiary/aromatic N) is 1. The molecule has 2 N–H and O–H groups in total. The molecule has 0 unspecified atom stereocenters. The van der Waals surface area contributed by atoms with Crippen molar-refractivity contribution in [1.82, 2.24) is 0 Å². The molecular weight excluding hydrogens is 291 g/mol. The number of nitrogen functional groups attached to an aromatic ring is 1. The number of hydrogen-bond donors (Lipinski definition) is 1. The van der Waals surface area contributed by atoms with Gasteiger partial charge in [0.15, 0.2) is 0 Å². The van der Waals surface area contributed by atoms with Gasteiger partial charge in [-0.05, 0) is 30.3 Å². The second-order valence-electron chi connectivity index (χ2n) is 3.63. The minimum atomic E-state index is -0.603. The first-order valence-corrected chi connectivity index (χ1v) is 5.90. The van der Waals surface area contributed by atoms with Crippen LogP contribution in [0.1, 0.15) is 0 Å². The minimum absolute atomic E-state index is 0.0209. The van der Waals surface area contributed by atoms with Crippen LogP contribution in [0.5, 0.6) is 11.5 Å². The van der Waals surface area contributed by atoms with E-state index in [4.69, 9.17) is 33.7 Å². The monoisotopic (exact) mass is 298 g/mol. The van der Waals surface area contributed by atoms with Crippen LogP contribution in [0, 0.1) is 10.1 Å². The Bertz CT molecular complexity index is 647. The lowest BCUT2D eigenvalue weighted by molar-refractivity contribution is -0.384. The number of hydrogen-bond acceptors (Lipinski definition) is 4. The maximum atomic E-state index is 11.0. The van der Waals surface area contributed by atoms with Gasteiger partial charge in [-0.3, -0.25) is 10.1 Å². The quantitative estimate of drug-likeness (QED) is 0.521. The molecule has 0 saturated heterocycles. The van der Waals surface area contributed by atoms with Crippen molar-refractivity contribution in [2.45, 2.75) is 0 Å². The predicted octanol–water partition coefficient (Wildman–Crippen LogP) is 4.28. The van der Waals surface area contributed by atoms with Crippen molar-refractivity contribution in [3.8, 4) is 11.5 Å². The molecule has 0 fully saturated rings. The summed E-state index contributed by atoms with van der Waals surface area (Å²) >= 11 is 11.7. The van der Waals surface area contributed by atoms with Gasteiger partial charge in [-0.25, -0.2) is 0 Å². The highest BCUT2D eigenvalue weighted by atomic mass is 35.5. The van der Waals surface area contributed by atoms with Gasteiger partial charge >= 0.3 is 5.69 Å². The SMILES string of the molecule is Nc1cccc(Oc2ccc(Cl)cc2Cl)c1[N+](=O)[O-]. The highest BCUT2D eigenvalue weighted by molar-refractivity contribution is 6.35. The molecule has 0 atom stereocenters. The summed E-state index contributed by atoms with van der Waals surface area (Å²) in [5, 5.41) is 11.7. The molecule has 0 aliphatic carbocycles. The maximum Gasteiger partial charge on any atom is 0.334 e. The van der Waals surface area contributed by atoms with Gasteiger partial charge in [0.05, 0.1) is 9.95 Å². The average Bonchev–Trinajstić information content (AvgIpc) is 2.32. The van der Waals surface area contributed by atoms with Gasteiger partial charge in [0, 0.05) is 5.02 Å². The number of nitro groups is 1. The van der Waals surface area contributed by atoms with Crippen molar-refractivity contribution >= 4 is 34.6 Å². The van der Waals surface area contributed by atoms with Crippen molar-refractivity contribution in [2.75, 3.05) is 5.73 Å². The van der Waals surface area contributed by atoms with Gasteiger partial charge in [0.25, 0.3) is 0 Å². The topological polar surface area (TPSA) is 78.4 Å². The first-order valence-electron chi connectivity index (χ1n) is 5.15. The molecule has 5 nitrogen and oxygen atoms in total. The first-order chi connectivity index (χ1) is 8.99. The van der Waals surface area contributed by atoms with Crippen LogP contribution in [-0.2, 0) is 0 Å². The van der Waals surface area contributed by atoms with Crippen LogP contribution in [0.2, 0.25) is 10.0 Å². The smallest absolute Gasteiger partial charge is 0.334 e. The minimum Gasteiger partial charge on any atom is -0.448 e. The van der Waals surface area contributed by atoms with Gasteiger partial charge < -0.3 is 10.5 Å². The fourth-order valence-corrected chi connectivity index (χ4v) is 1.94. The van der Waals surface area contributed by atoms with Gasteiger partial charge in [0.1, 0.15) is 11.4 Å². The molecule has 0 heterocycles. The second-order valence-corrected chi connectivity index (χ2v) is 4.47. The Kier molecular flexibility index (Phi) is 3.78. The summed E-state index contributed by atoms with van der Waals surface area (Å²) in [6.45, 7) is 0. The normalized spacial score (nSPS) is 10.2. The van der Waals surface area contributed by atoms with Crippen molar-refractivity contribution in [2.24, 2.45) is 0 Å². The van der Waals surface area contributed by atoms with E-state index in [1.54, 1.807) is 12.1 Å². The molecule has 0 amide bonds. The second kappa shape index (κ2) is 5.34. The van der Waals surface area contributed by atoms with Crippen LogP contribution < -0.4 is 10.5 Å². The molecule has 0 aromatic heterocycles. The third-order valence-corrected chi connectivity index (χ3v) is 2.86. The number of rotatable bonds is 3. The highest BCUT2D eigenvalue weighted by Gasteiger charge is 2.20. The van der Waals surface area contributed by atoms with E-state index < -0.39 is 4.92 Å². The van der Waals surface area contributed by atoms with E-state index in [2.05, 4.69) is 0 Å². The zero-order chi connectivity index (χ0) is 14.0. The van der Waals surface area contributed by atoms with E-state index in [1.807, 2.05) is 0 Å². The van der Waals surface area contributed by atoms with Crippen molar-refractivity contribution < 1.29 is 9.66 Å². The van der Waals surface area contributed by atoms with E-state index in [-0.39, 0.29) is 27.9 Å². The number of nitrogens with two attached hydrogens (primary N) is 1. The van der Waals surface area contributed by atoms with Crippen LogP contribution in [-0.4, -0.2) is 4.92 Å². The molecule has 0 aliphatic heterocycles. The van der Waals surface area contributed by atoms with Crippen LogP contribution in [0.3, 0.4) is 0 Å². The third kappa shape index (κ3) is 2.89. The molecule has 0 radical (unpaired) electrons. The predicted molar refractivity (Wildman–Crippen MR) is 74.0 cm³/mol. The lowest BCUT2D eigenvalue weighted by Crippen LogP contribution is -1.98. The Morgan fingerprint density at radius 1 is 1.16 bits per heavy atom. The van der Waals surface area contributed by atoms with Crippen LogP contribution >= 0.6 is 23.2 Å². The van der Waals surface area contributed by atoms with Gasteiger partial charge in [-0.15, -0.1) is 0 Å². The van der Waals surface area contributed by atoms with Crippen LogP contribution in [0.25, 0.3) is 0 Å². The molecule has 0 bridgehead atoms. The summed E-state index contributed by atoms with van der Waals surface area (Å²) in [6.07, 6.45) is 0. The molecule has 0 saturated carbocycles. The Morgan fingerprint density at radius 2 is 1.89 bits per heavy atom. The molecule has 98 valence electrons. The van der Waals surface area contributed by atoms with Crippen molar-refractivity contribution in [3.05, 3.63) is 56.6 Å². The average molecular weight is 299 g/mol. The number of nitro benzene ring substituents is 1.